The predicted octanol–water partition coefficient (Wildman–Crippen LogP) is 4.83. The summed E-state index contributed by atoms with van der Waals surface area (Å²) in [5, 5.41) is 2.77. The molecule has 0 radical (unpaired) electrons. The lowest BCUT2D eigenvalue weighted by molar-refractivity contribution is -0.688. The van der Waals surface area contributed by atoms with Gasteiger partial charge in [0.1, 0.15) is 18.7 Å². The summed E-state index contributed by atoms with van der Waals surface area (Å²) in [7, 11) is 0. The number of pyridine rings is 1. The quantitative estimate of drug-likeness (QED) is 0.213. The van der Waals surface area contributed by atoms with Crippen LogP contribution in [-0.2, 0) is 32.1 Å². The summed E-state index contributed by atoms with van der Waals surface area (Å²) >= 11 is 0. The first-order valence-corrected chi connectivity index (χ1v) is 17.5. The second kappa shape index (κ2) is 15.6. The molecule has 266 valence electrons. The number of ether oxygens (including phenoxy) is 1. The van der Waals surface area contributed by atoms with E-state index in [2.05, 4.69) is 10.3 Å². The molecular weight excluding hydrogens is 654 g/mol. The summed E-state index contributed by atoms with van der Waals surface area (Å²) in [5.74, 6) is -2.02. The molecule has 2 aliphatic rings. The van der Waals surface area contributed by atoms with Crippen molar-refractivity contribution in [3.63, 3.8) is 0 Å². The molecule has 4 aromatic rings. The number of rotatable bonds is 12. The lowest BCUT2D eigenvalue weighted by atomic mass is 9.93. The number of aliphatic imine (C=N–C) groups is 1. The highest BCUT2D eigenvalue weighted by Crippen LogP contribution is 2.34. The van der Waals surface area contributed by atoms with Crippen LogP contribution >= 0.6 is 0 Å². The molecule has 1 aromatic heterocycles. The molecule has 3 aromatic carbocycles. The maximum absolute atomic E-state index is 14.9. The van der Waals surface area contributed by atoms with Crippen LogP contribution in [0.3, 0.4) is 0 Å². The number of nitrogens with one attached hydrogen (secondary N) is 1. The third-order valence-electron chi connectivity index (χ3n) is 9.11. The van der Waals surface area contributed by atoms with E-state index < -0.39 is 35.2 Å². The van der Waals surface area contributed by atoms with E-state index in [0.29, 0.717) is 23.4 Å². The molecule has 6 rings (SSSR count). The molecule has 1 N–H and O–H groups in total. The fourth-order valence-electron chi connectivity index (χ4n) is 6.47. The normalized spacial score (nSPS) is 17.2. The van der Waals surface area contributed by atoms with E-state index in [1.54, 1.807) is 18.3 Å². The van der Waals surface area contributed by atoms with Crippen molar-refractivity contribution in [2.24, 2.45) is 10.9 Å². The van der Waals surface area contributed by atoms with Gasteiger partial charge in [0.25, 0.3) is 17.7 Å². The van der Waals surface area contributed by atoms with Crippen LogP contribution in [0.25, 0.3) is 5.70 Å². The largest absolute Gasteiger partial charge is 0.473 e. The SMILES string of the molecule is CC(C)[C@@H]1C(=O)N([C@@H](Cc2ccccc2)C(=O)NCC(=O)C2=NC(C)(C)CO2)C(c2ccccc2)=CN1C(=O)c1cc[n+](Cc2ccccc2)cc1. The van der Waals surface area contributed by atoms with E-state index >= 15 is 0 Å². The van der Waals surface area contributed by atoms with Gasteiger partial charge in [-0.05, 0) is 30.9 Å². The standard InChI is InChI=1S/C42H43N5O5/c1-29(2)37-41(51)47(34(24-30-14-8-5-9-15-30)38(49)43-25-36(48)39-44-42(3,4)28-52-39)35(32-18-12-7-13-19-32)27-46(37)40(50)33-20-22-45(23-21-33)26-31-16-10-6-11-17-31/h5-23,27,29,34,37H,24-26,28H2,1-4H3/p+1/t34-,37+/m0/s1. The third-order valence-corrected chi connectivity index (χ3v) is 9.11. The lowest BCUT2D eigenvalue weighted by Crippen LogP contribution is -2.60. The summed E-state index contributed by atoms with van der Waals surface area (Å²) in [6.45, 7) is 8.07. The molecule has 0 saturated heterocycles. The molecule has 10 heteroatoms. The first-order chi connectivity index (χ1) is 25.0. The minimum atomic E-state index is -1.05. The van der Waals surface area contributed by atoms with Gasteiger partial charge in [-0.1, -0.05) is 105 Å². The second-order valence-electron chi connectivity index (χ2n) is 14.1. The topological polar surface area (TPSA) is 112 Å². The number of benzene rings is 3. The molecule has 52 heavy (non-hydrogen) atoms. The Hall–Kier alpha value is -5.90. The first-order valence-electron chi connectivity index (χ1n) is 17.5. The zero-order valence-electron chi connectivity index (χ0n) is 29.9. The Morgan fingerprint density at radius 3 is 2.06 bits per heavy atom. The molecule has 0 saturated carbocycles. The third kappa shape index (κ3) is 8.18. The Balaban J connectivity index is 1.36. The van der Waals surface area contributed by atoms with Crippen molar-refractivity contribution in [3.8, 4) is 0 Å². The van der Waals surface area contributed by atoms with Crippen molar-refractivity contribution < 1.29 is 28.5 Å². The van der Waals surface area contributed by atoms with Gasteiger partial charge in [0, 0.05) is 30.3 Å². The number of carbonyl (C=O) groups is 4. The van der Waals surface area contributed by atoms with E-state index in [0.717, 1.165) is 11.1 Å². The number of hydrogen-bond donors (Lipinski definition) is 1. The Kier molecular flexibility index (Phi) is 10.7. The van der Waals surface area contributed by atoms with Crippen LogP contribution in [-0.4, -0.2) is 70.0 Å². The van der Waals surface area contributed by atoms with Gasteiger partial charge < -0.3 is 15.0 Å². The molecule has 0 spiro atoms. The maximum Gasteiger partial charge on any atom is 0.259 e. The summed E-state index contributed by atoms with van der Waals surface area (Å²) < 4.78 is 7.50. The minimum absolute atomic E-state index is 0.0237. The Labute approximate surface area is 304 Å². The summed E-state index contributed by atoms with van der Waals surface area (Å²) in [6, 6.07) is 30.3. The van der Waals surface area contributed by atoms with Crippen molar-refractivity contribution in [1.29, 1.82) is 0 Å². The van der Waals surface area contributed by atoms with Crippen LogP contribution in [0.15, 0.2) is 127 Å². The highest BCUT2D eigenvalue weighted by Gasteiger charge is 2.45. The Morgan fingerprint density at radius 2 is 1.48 bits per heavy atom. The van der Waals surface area contributed by atoms with E-state index in [1.807, 2.05) is 136 Å². The van der Waals surface area contributed by atoms with Gasteiger partial charge in [0.15, 0.2) is 18.9 Å². The number of ketones is 1. The van der Waals surface area contributed by atoms with Crippen LogP contribution in [0.5, 0.6) is 0 Å². The van der Waals surface area contributed by atoms with E-state index in [9.17, 15) is 19.2 Å². The molecule has 10 nitrogen and oxygen atoms in total. The summed E-state index contributed by atoms with van der Waals surface area (Å²) in [6.07, 6.45) is 5.57. The smallest absolute Gasteiger partial charge is 0.259 e. The predicted molar refractivity (Wildman–Crippen MR) is 198 cm³/mol. The van der Waals surface area contributed by atoms with Crippen molar-refractivity contribution in [2.75, 3.05) is 13.2 Å². The van der Waals surface area contributed by atoms with Gasteiger partial charge >= 0.3 is 0 Å². The van der Waals surface area contributed by atoms with Crippen LogP contribution in [0.2, 0.25) is 0 Å². The van der Waals surface area contributed by atoms with Crippen molar-refractivity contribution >= 4 is 35.1 Å². The molecule has 0 fully saturated rings. The van der Waals surface area contributed by atoms with Crippen molar-refractivity contribution in [3.05, 3.63) is 144 Å². The van der Waals surface area contributed by atoms with E-state index in [1.165, 1.54) is 9.80 Å². The summed E-state index contributed by atoms with van der Waals surface area (Å²) in [5.41, 5.74) is 2.91. The van der Waals surface area contributed by atoms with Gasteiger partial charge in [-0.25, -0.2) is 9.56 Å². The number of Topliss-reactive ketones (excluding diaryl/α,β-unsaturated/α-hetero) is 1. The van der Waals surface area contributed by atoms with Crippen LogP contribution in [0.1, 0.15) is 54.7 Å². The Bertz CT molecular complexity index is 1980. The molecule has 2 aliphatic heterocycles. The van der Waals surface area contributed by atoms with Crippen LogP contribution in [0.4, 0.5) is 0 Å². The Morgan fingerprint density at radius 1 is 0.885 bits per heavy atom. The van der Waals surface area contributed by atoms with Crippen molar-refractivity contribution in [1.82, 2.24) is 15.1 Å². The lowest BCUT2D eigenvalue weighted by Gasteiger charge is -2.44. The average Bonchev–Trinajstić information content (AvgIpc) is 3.53. The van der Waals surface area contributed by atoms with E-state index in [-0.39, 0.29) is 37.3 Å². The molecule has 3 heterocycles. The van der Waals surface area contributed by atoms with Crippen LogP contribution < -0.4 is 9.88 Å². The molecule has 0 unspecified atom stereocenters. The zero-order valence-corrected chi connectivity index (χ0v) is 29.9. The number of hydrogen-bond acceptors (Lipinski definition) is 6. The molecule has 0 aliphatic carbocycles. The number of nitrogens with zero attached hydrogens (tertiary/aromatic N) is 4. The second-order valence-corrected chi connectivity index (χ2v) is 14.1. The molecule has 0 bridgehead atoms. The molecule has 2 atom stereocenters. The zero-order chi connectivity index (χ0) is 36.8. The first kappa shape index (κ1) is 35.9. The molecule has 3 amide bonds. The van der Waals surface area contributed by atoms with Gasteiger partial charge in [-0.15, -0.1) is 0 Å². The van der Waals surface area contributed by atoms with Gasteiger partial charge in [-0.2, -0.15) is 0 Å². The van der Waals surface area contributed by atoms with E-state index in [4.69, 9.17) is 4.74 Å². The van der Waals surface area contributed by atoms with Crippen molar-refractivity contribution in [2.45, 2.75) is 58.3 Å². The van der Waals surface area contributed by atoms with Crippen LogP contribution in [0, 0.1) is 5.92 Å². The minimum Gasteiger partial charge on any atom is -0.473 e. The monoisotopic (exact) mass is 698 g/mol. The van der Waals surface area contributed by atoms with Gasteiger partial charge in [0.05, 0.1) is 23.3 Å². The highest BCUT2D eigenvalue weighted by atomic mass is 16.5. The van der Waals surface area contributed by atoms with Gasteiger partial charge in [0.2, 0.25) is 11.7 Å². The number of carbonyl (C=O) groups excluding carboxylic acids is 4. The number of amides is 3. The number of aromatic nitrogens is 1. The maximum atomic E-state index is 14.9. The summed E-state index contributed by atoms with van der Waals surface area (Å²) in [4.78, 5) is 63.9. The molecular formula is C42H44N5O5+. The fraction of sp³-hybridized carbons (Fsp3) is 0.286. The average molecular weight is 699 g/mol. The fourth-order valence-corrected chi connectivity index (χ4v) is 6.47. The van der Waals surface area contributed by atoms with Gasteiger partial charge in [-0.3, -0.25) is 24.1 Å². The highest BCUT2D eigenvalue weighted by molar-refractivity contribution is 6.37.